The number of rotatable bonds is 2. The van der Waals surface area contributed by atoms with Crippen LogP contribution in [0.15, 0.2) is 17.1 Å². The van der Waals surface area contributed by atoms with Crippen LogP contribution in [0.5, 0.6) is 0 Å². The van der Waals surface area contributed by atoms with Gasteiger partial charge in [-0.05, 0) is 39.7 Å². The third kappa shape index (κ3) is 4.16. The Morgan fingerprint density at radius 1 is 1.50 bits per heavy atom. The lowest BCUT2D eigenvalue weighted by Crippen LogP contribution is -2.49. The summed E-state index contributed by atoms with van der Waals surface area (Å²) in [6.07, 6.45) is 2.95. The molecular formula is C15H24N4O3. The molecule has 2 rings (SSSR count). The topological polar surface area (TPSA) is 100 Å². The third-order valence-electron chi connectivity index (χ3n) is 3.46. The molecule has 7 heteroatoms. The van der Waals surface area contributed by atoms with Gasteiger partial charge in [-0.25, -0.2) is 4.79 Å². The zero-order chi connectivity index (χ0) is 16.3. The molecule has 22 heavy (non-hydrogen) atoms. The van der Waals surface area contributed by atoms with Gasteiger partial charge in [-0.15, -0.1) is 0 Å². The van der Waals surface area contributed by atoms with Crippen LogP contribution >= 0.6 is 0 Å². The molecule has 1 aromatic heterocycles. The summed E-state index contributed by atoms with van der Waals surface area (Å²) in [5.41, 5.74) is 5.95. The second kappa shape index (κ2) is 6.29. The first-order valence-electron chi connectivity index (χ1n) is 7.48. The Hall–Kier alpha value is -2.18. The van der Waals surface area contributed by atoms with Gasteiger partial charge in [0.25, 0.3) is 5.56 Å². The van der Waals surface area contributed by atoms with Gasteiger partial charge in [0.15, 0.2) is 0 Å². The quantitative estimate of drug-likeness (QED) is 0.768. The summed E-state index contributed by atoms with van der Waals surface area (Å²) in [5, 5.41) is 2.88. The van der Waals surface area contributed by atoms with E-state index in [1.54, 1.807) is 12.3 Å². The number of piperidine rings is 1. The van der Waals surface area contributed by atoms with Crippen molar-refractivity contribution < 1.29 is 9.53 Å². The first-order chi connectivity index (χ1) is 10.3. The van der Waals surface area contributed by atoms with Crippen molar-refractivity contribution in [1.82, 2.24) is 10.3 Å². The maximum Gasteiger partial charge on any atom is 0.407 e. The molecule has 0 bridgehead atoms. The minimum atomic E-state index is -0.518. The predicted octanol–water partition coefficient (Wildman–Crippen LogP) is 1.45. The Labute approximate surface area is 129 Å². The first-order valence-corrected chi connectivity index (χ1v) is 7.48. The largest absolute Gasteiger partial charge is 0.444 e. The van der Waals surface area contributed by atoms with Crippen molar-refractivity contribution in [2.75, 3.05) is 23.7 Å². The smallest absolute Gasteiger partial charge is 0.407 e. The van der Waals surface area contributed by atoms with Gasteiger partial charge in [0, 0.05) is 25.3 Å². The van der Waals surface area contributed by atoms with Crippen LogP contribution in [0.2, 0.25) is 0 Å². The van der Waals surface area contributed by atoms with E-state index in [0.717, 1.165) is 19.4 Å². The minimum absolute atomic E-state index is 0.0257. The molecule has 2 heterocycles. The molecule has 0 aromatic carbocycles. The molecular weight excluding hydrogens is 284 g/mol. The van der Waals surface area contributed by atoms with E-state index in [0.29, 0.717) is 12.2 Å². The monoisotopic (exact) mass is 308 g/mol. The number of H-pyrrole nitrogens is 1. The van der Waals surface area contributed by atoms with Crippen molar-refractivity contribution in [3.05, 3.63) is 22.6 Å². The summed E-state index contributed by atoms with van der Waals surface area (Å²) in [5.74, 6) is 0. The second-order valence-electron chi connectivity index (χ2n) is 6.54. The molecule has 1 amide bonds. The number of nitrogen functional groups attached to an aromatic ring is 1. The van der Waals surface area contributed by atoms with Crippen LogP contribution in [0.3, 0.4) is 0 Å². The summed E-state index contributed by atoms with van der Waals surface area (Å²) < 4.78 is 5.28. The molecule has 1 aliphatic rings. The zero-order valence-corrected chi connectivity index (χ0v) is 13.3. The number of alkyl carbamates (subject to hydrolysis) is 1. The summed E-state index contributed by atoms with van der Waals surface area (Å²) in [6.45, 7) is 6.90. The SMILES string of the molecule is CC(C)(C)OC(=O)NC1CCCN(c2cc[nH]c(=O)c2N)C1. The lowest BCUT2D eigenvalue weighted by atomic mass is 10.0. The highest BCUT2D eigenvalue weighted by Gasteiger charge is 2.25. The number of aromatic nitrogens is 1. The number of aromatic amines is 1. The number of nitrogens with one attached hydrogen (secondary N) is 2. The molecule has 122 valence electrons. The van der Waals surface area contributed by atoms with Crippen LogP contribution in [-0.4, -0.2) is 35.8 Å². The molecule has 1 atom stereocenters. The lowest BCUT2D eigenvalue weighted by molar-refractivity contribution is 0.0500. The van der Waals surface area contributed by atoms with E-state index in [4.69, 9.17) is 10.5 Å². The van der Waals surface area contributed by atoms with Gasteiger partial charge in [-0.2, -0.15) is 0 Å². The van der Waals surface area contributed by atoms with E-state index in [1.165, 1.54) is 0 Å². The average molecular weight is 308 g/mol. The highest BCUT2D eigenvalue weighted by molar-refractivity contribution is 5.69. The fraction of sp³-hybridized carbons (Fsp3) is 0.600. The Bertz CT molecular complexity index is 591. The number of amides is 1. The lowest BCUT2D eigenvalue weighted by Gasteiger charge is -2.35. The number of ether oxygens (including phenoxy) is 1. The van der Waals surface area contributed by atoms with Crippen LogP contribution in [0.1, 0.15) is 33.6 Å². The Morgan fingerprint density at radius 2 is 2.23 bits per heavy atom. The Balaban J connectivity index is 2.02. The van der Waals surface area contributed by atoms with Crippen molar-refractivity contribution in [3.8, 4) is 0 Å². The average Bonchev–Trinajstić information content (AvgIpc) is 2.40. The van der Waals surface area contributed by atoms with Gasteiger partial charge in [0.2, 0.25) is 0 Å². The van der Waals surface area contributed by atoms with E-state index in [1.807, 2.05) is 25.7 Å². The molecule has 1 unspecified atom stereocenters. The molecule has 4 N–H and O–H groups in total. The van der Waals surface area contributed by atoms with Gasteiger partial charge in [-0.1, -0.05) is 0 Å². The molecule has 0 saturated carbocycles. The van der Waals surface area contributed by atoms with Crippen molar-refractivity contribution in [2.45, 2.75) is 45.3 Å². The molecule has 1 saturated heterocycles. The van der Waals surface area contributed by atoms with Crippen LogP contribution in [0, 0.1) is 0 Å². The number of carbonyl (C=O) groups excluding carboxylic acids is 1. The zero-order valence-electron chi connectivity index (χ0n) is 13.3. The van der Waals surface area contributed by atoms with Crippen molar-refractivity contribution >= 4 is 17.5 Å². The fourth-order valence-corrected chi connectivity index (χ4v) is 2.54. The number of hydrogen-bond donors (Lipinski definition) is 3. The molecule has 0 aliphatic carbocycles. The normalized spacial score (nSPS) is 18.9. The van der Waals surface area contributed by atoms with Crippen LogP contribution in [0.4, 0.5) is 16.2 Å². The number of hydrogen-bond acceptors (Lipinski definition) is 5. The van der Waals surface area contributed by atoms with Gasteiger partial charge < -0.3 is 25.7 Å². The van der Waals surface area contributed by atoms with E-state index in [2.05, 4.69) is 10.3 Å². The van der Waals surface area contributed by atoms with E-state index >= 15 is 0 Å². The number of nitrogens with two attached hydrogens (primary N) is 1. The minimum Gasteiger partial charge on any atom is -0.444 e. The molecule has 7 nitrogen and oxygen atoms in total. The maximum absolute atomic E-state index is 11.9. The van der Waals surface area contributed by atoms with E-state index in [9.17, 15) is 9.59 Å². The van der Waals surface area contributed by atoms with Crippen molar-refractivity contribution in [3.63, 3.8) is 0 Å². The van der Waals surface area contributed by atoms with Crippen molar-refractivity contribution in [2.24, 2.45) is 0 Å². The van der Waals surface area contributed by atoms with Gasteiger partial charge >= 0.3 is 6.09 Å². The standard InChI is InChI=1S/C15H24N4O3/c1-15(2,3)22-14(21)18-10-5-4-8-19(9-10)11-6-7-17-13(20)12(11)16/h6-7,10H,4-5,8-9,16H2,1-3H3,(H,17,20)(H,18,21). The highest BCUT2D eigenvalue weighted by Crippen LogP contribution is 2.23. The molecule has 0 spiro atoms. The van der Waals surface area contributed by atoms with Crippen LogP contribution in [-0.2, 0) is 4.74 Å². The number of pyridine rings is 1. The van der Waals surface area contributed by atoms with E-state index in [-0.39, 0.29) is 17.3 Å². The maximum atomic E-state index is 11.9. The number of nitrogens with zero attached hydrogens (tertiary/aromatic N) is 1. The number of carbonyl (C=O) groups is 1. The Morgan fingerprint density at radius 3 is 2.91 bits per heavy atom. The summed E-state index contributed by atoms with van der Waals surface area (Å²) in [4.78, 5) is 28.0. The Kier molecular flexibility index (Phi) is 4.63. The van der Waals surface area contributed by atoms with Crippen LogP contribution in [0.25, 0.3) is 0 Å². The predicted molar refractivity (Wildman–Crippen MR) is 86.1 cm³/mol. The summed E-state index contributed by atoms with van der Waals surface area (Å²) in [6, 6.07) is 1.76. The molecule has 1 aliphatic heterocycles. The molecule has 0 radical (unpaired) electrons. The first kappa shape index (κ1) is 16.2. The van der Waals surface area contributed by atoms with Gasteiger partial charge in [0.05, 0.1) is 5.69 Å². The summed E-state index contributed by atoms with van der Waals surface area (Å²) in [7, 11) is 0. The van der Waals surface area contributed by atoms with Crippen molar-refractivity contribution in [1.29, 1.82) is 0 Å². The fourth-order valence-electron chi connectivity index (χ4n) is 2.54. The summed E-state index contributed by atoms with van der Waals surface area (Å²) >= 11 is 0. The number of anilines is 2. The van der Waals surface area contributed by atoms with Gasteiger partial charge in [-0.3, -0.25) is 4.79 Å². The van der Waals surface area contributed by atoms with Crippen LogP contribution < -0.4 is 21.5 Å². The third-order valence-corrected chi connectivity index (χ3v) is 3.46. The molecule has 1 fully saturated rings. The second-order valence-corrected chi connectivity index (χ2v) is 6.54. The molecule has 1 aromatic rings. The van der Waals surface area contributed by atoms with Gasteiger partial charge in [0.1, 0.15) is 11.3 Å². The highest BCUT2D eigenvalue weighted by atomic mass is 16.6. The van der Waals surface area contributed by atoms with E-state index < -0.39 is 11.7 Å².